The summed E-state index contributed by atoms with van der Waals surface area (Å²) in [5, 5.41) is 1.11. The van der Waals surface area contributed by atoms with Gasteiger partial charge in [0, 0.05) is 23.8 Å². The molecule has 4 heteroatoms. The number of aromatic nitrogens is 1. The van der Waals surface area contributed by atoms with E-state index in [9.17, 15) is 4.79 Å². The van der Waals surface area contributed by atoms with E-state index in [2.05, 4.69) is 18.0 Å². The van der Waals surface area contributed by atoms with Crippen LogP contribution in [-0.4, -0.2) is 17.9 Å². The number of benzene rings is 1. The van der Waals surface area contributed by atoms with Crippen LogP contribution in [-0.2, 0) is 0 Å². The second-order valence-electron chi connectivity index (χ2n) is 5.52. The number of para-hydroxylation sites is 1. The number of carbonyl (C=O) groups is 1. The van der Waals surface area contributed by atoms with E-state index in [1.165, 1.54) is 16.9 Å². The molecule has 2 aromatic heterocycles. The molecule has 0 unspecified atom stereocenters. The van der Waals surface area contributed by atoms with Crippen molar-refractivity contribution in [3.63, 3.8) is 0 Å². The SMILES string of the molecule is Cc1cc(C)c2c(C)c(C(=O)N(C)c3ccccc3)sc2n1. The number of hydrogen-bond acceptors (Lipinski definition) is 3. The molecule has 0 radical (unpaired) electrons. The molecule has 1 aromatic carbocycles. The van der Waals surface area contributed by atoms with Gasteiger partial charge in [-0.25, -0.2) is 4.98 Å². The molecule has 22 heavy (non-hydrogen) atoms. The van der Waals surface area contributed by atoms with Crippen LogP contribution in [0.3, 0.4) is 0 Å². The summed E-state index contributed by atoms with van der Waals surface area (Å²) in [6, 6.07) is 11.8. The molecule has 3 nitrogen and oxygen atoms in total. The zero-order valence-electron chi connectivity index (χ0n) is 13.2. The lowest BCUT2D eigenvalue weighted by Crippen LogP contribution is -2.25. The van der Waals surface area contributed by atoms with Gasteiger partial charge in [0.25, 0.3) is 5.91 Å². The smallest absolute Gasteiger partial charge is 0.268 e. The quantitative estimate of drug-likeness (QED) is 0.698. The van der Waals surface area contributed by atoms with Gasteiger partial charge in [0.1, 0.15) is 4.83 Å². The number of pyridine rings is 1. The molecule has 1 amide bonds. The Hall–Kier alpha value is -2.20. The summed E-state index contributed by atoms with van der Waals surface area (Å²) in [4.78, 5) is 20.8. The Morgan fingerprint density at radius 2 is 1.82 bits per heavy atom. The third-order valence-corrected chi connectivity index (χ3v) is 5.04. The first-order valence-electron chi connectivity index (χ1n) is 7.19. The number of thiophene rings is 1. The van der Waals surface area contributed by atoms with E-state index in [0.29, 0.717) is 0 Å². The fraction of sp³-hybridized carbons (Fsp3) is 0.222. The maximum Gasteiger partial charge on any atom is 0.268 e. The highest BCUT2D eigenvalue weighted by atomic mass is 32.1. The molecule has 0 aliphatic rings. The second-order valence-corrected chi connectivity index (χ2v) is 6.52. The van der Waals surface area contributed by atoms with E-state index in [4.69, 9.17) is 0 Å². The maximum atomic E-state index is 12.8. The minimum Gasteiger partial charge on any atom is -0.311 e. The molecular weight excluding hydrogens is 292 g/mol. The average Bonchev–Trinajstić information content (AvgIpc) is 2.83. The number of anilines is 1. The zero-order chi connectivity index (χ0) is 15.9. The fourth-order valence-corrected chi connectivity index (χ4v) is 4.02. The molecule has 3 aromatic rings. The molecule has 0 bridgehead atoms. The Bertz CT molecular complexity index is 852. The first-order chi connectivity index (χ1) is 10.5. The van der Waals surface area contributed by atoms with Crippen LogP contribution in [0.15, 0.2) is 36.4 Å². The minimum atomic E-state index is 0.0174. The summed E-state index contributed by atoms with van der Waals surface area (Å²) < 4.78 is 0. The van der Waals surface area contributed by atoms with Crippen LogP contribution >= 0.6 is 11.3 Å². The Labute approximate surface area is 134 Å². The summed E-state index contributed by atoms with van der Waals surface area (Å²) in [6.45, 7) is 6.07. The van der Waals surface area contributed by atoms with Gasteiger partial charge in [-0.05, 0) is 50.1 Å². The first kappa shape index (κ1) is 14.7. The van der Waals surface area contributed by atoms with Crippen LogP contribution in [0, 0.1) is 20.8 Å². The number of amides is 1. The normalized spacial score (nSPS) is 10.9. The van der Waals surface area contributed by atoms with Crippen molar-refractivity contribution in [2.24, 2.45) is 0 Å². The lowest BCUT2D eigenvalue weighted by atomic mass is 10.1. The number of carbonyl (C=O) groups excluding carboxylic acids is 1. The monoisotopic (exact) mass is 310 g/mol. The standard InChI is InChI=1S/C18H18N2OS/c1-11-10-12(2)19-17-15(11)13(3)16(22-17)18(21)20(4)14-8-6-5-7-9-14/h5-10H,1-4H3. The Morgan fingerprint density at radius 3 is 2.50 bits per heavy atom. The molecule has 112 valence electrons. The zero-order valence-corrected chi connectivity index (χ0v) is 14.0. The molecular formula is C18H18N2OS. The van der Waals surface area contributed by atoms with Gasteiger partial charge in [-0.3, -0.25) is 4.79 Å². The molecule has 0 aliphatic carbocycles. The van der Waals surface area contributed by atoms with Gasteiger partial charge in [-0.2, -0.15) is 0 Å². The molecule has 0 aliphatic heterocycles. The van der Waals surface area contributed by atoms with Gasteiger partial charge in [0.15, 0.2) is 0 Å². The van der Waals surface area contributed by atoms with Crippen molar-refractivity contribution in [1.82, 2.24) is 4.98 Å². The highest BCUT2D eigenvalue weighted by Gasteiger charge is 2.21. The van der Waals surface area contributed by atoms with Crippen LogP contribution in [0.2, 0.25) is 0 Å². The van der Waals surface area contributed by atoms with Crippen LogP contribution in [0.5, 0.6) is 0 Å². The minimum absolute atomic E-state index is 0.0174. The molecule has 2 heterocycles. The molecule has 0 atom stereocenters. The molecule has 0 spiro atoms. The molecule has 0 saturated carbocycles. The number of aryl methyl sites for hydroxylation is 3. The van der Waals surface area contributed by atoms with Crippen molar-refractivity contribution in [1.29, 1.82) is 0 Å². The van der Waals surface area contributed by atoms with Gasteiger partial charge in [0.05, 0.1) is 4.88 Å². The van der Waals surface area contributed by atoms with Crippen molar-refractivity contribution in [3.8, 4) is 0 Å². The van der Waals surface area contributed by atoms with E-state index < -0.39 is 0 Å². The third-order valence-electron chi connectivity index (χ3n) is 3.87. The lowest BCUT2D eigenvalue weighted by Gasteiger charge is -2.16. The summed E-state index contributed by atoms with van der Waals surface area (Å²) in [7, 11) is 1.81. The molecule has 0 fully saturated rings. The van der Waals surface area contributed by atoms with Gasteiger partial charge in [-0.15, -0.1) is 11.3 Å². The highest BCUT2D eigenvalue weighted by molar-refractivity contribution is 7.20. The predicted octanol–water partition coefficient (Wildman–Crippen LogP) is 4.50. The maximum absolute atomic E-state index is 12.8. The summed E-state index contributed by atoms with van der Waals surface area (Å²) >= 11 is 1.48. The van der Waals surface area contributed by atoms with E-state index in [0.717, 1.165) is 32.0 Å². The molecule has 3 rings (SSSR count). The third kappa shape index (κ3) is 2.40. The number of rotatable bonds is 2. The lowest BCUT2D eigenvalue weighted by molar-refractivity contribution is 0.0996. The van der Waals surface area contributed by atoms with Gasteiger partial charge in [0.2, 0.25) is 0 Å². The van der Waals surface area contributed by atoms with E-state index in [1.54, 1.807) is 4.90 Å². The van der Waals surface area contributed by atoms with Gasteiger partial charge < -0.3 is 4.90 Å². The predicted molar refractivity (Wildman–Crippen MR) is 93.0 cm³/mol. The number of fused-ring (bicyclic) bond motifs is 1. The van der Waals surface area contributed by atoms with Crippen LogP contribution in [0.4, 0.5) is 5.69 Å². The van der Waals surface area contributed by atoms with E-state index in [-0.39, 0.29) is 5.91 Å². The molecule has 0 saturated heterocycles. The Morgan fingerprint density at radius 1 is 1.14 bits per heavy atom. The number of hydrogen-bond donors (Lipinski definition) is 0. The average molecular weight is 310 g/mol. The van der Waals surface area contributed by atoms with Gasteiger partial charge in [-0.1, -0.05) is 18.2 Å². The van der Waals surface area contributed by atoms with Crippen LogP contribution in [0.25, 0.3) is 10.2 Å². The highest BCUT2D eigenvalue weighted by Crippen LogP contribution is 2.33. The summed E-state index contributed by atoms with van der Waals surface area (Å²) in [5.41, 5.74) is 4.09. The summed E-state index contributed by atoms with van der Waals surface area (Å²) in [6.07, 6.45) is 0. The van der Waals surface area contributed by atoms with Crippen molar-refractivity contribution < 1.29 is 4.79 Å². The van der Waals surface area contributed by atoms with Crippen molar-refractivity contribution in [2.45, 2.75) is 20.8 Å². The Kier molecular flexibility index (Phi) is 3.71. The fourth-order valence-electron chi connectivity index (χ4n) is 2.74. The first-order valence-corrected chi connectivity index (χ1v) is 8.01. The van der Waals surface area contributed by atoms with Crippen molar-refractivity contribution >= 4 is 33.1 Å². The topological polar surface area (TPSA) is 33.2 Å². The van der Waals surface area contributed by atoms with E-state index >= 15 is 0 Å². The second kappa shape index (κ2) is 5.54. The Balaban J connectivity index is 2.09. The van der Waals surface area contributed by atoms with Crippen molar-refractivity contribution in [3.05, 3.63) is 58.1 Å². The van der Waals surface area contributed by atoms with Crippen molar-refractivity contribution in [2.75, 3.05) is 11.9 Å². The molecule has 0 N–H and O–H groups in total. The van der Waals surface area contributed by atoms with Crippen LogP contribution in [0.1, 0.15) is 26.5 Å². The van der Waals surface area contributed by atoms with Gasteiger partial charge >= 0.3 is 0 Å². The van der Waals surface area contributed by atoms with Crippen LogP contribution < -0.4 is 4.90 Å². The summed E-state index contributed by atoms with van der Waals surface area (Å²) in [5.74, 6) is 0.0174. The van der Waals surface area contributed by atoms with E-state index in [1.807, 2.05) is 51.2 Å². The number of nitrogens with zero attached hydrogens (tertiary/aromatic N) is 2. The largest absolute Gasteiger partial charge is 0.311 e.